The summed E-state index contributed by atoms with van der Waals surface area (Å²) >= 11 is 3.18. The number of hydrogen-bond acceptors (Lipinski definition) is 6. The van der Waals surface area contributed by atoms with Gasteiger partial charge < -0.3 is 0 Å². The zero-order chi connectivity index (χ0) is 17.9. The second-order valence-electron chi connectivity index (χ2n) is 5.98. The molecule has 4 rings (SSSR count). The second-order valence-corrected chi connectivity index (χ2v) is 8.03. The molecular weight excluding hydrogens is 364 g/mol. The Labute approximate surface area is 159 Å². The fourth-order valence-corrected chi connectivity index (χ4v) is 5.41. The van der Waals surface area contributed by atoms with Crippen molar-refractivity contribution in [3.63, 3.8) is 0 Å². The molecule has 1 aliphatic carbocycles. The van der Waals surface area contributed by atoms with E-state index in [2.05, 4.69) is 16.0 Å². The van der Waals surface area contributed by atoms with Crippen molar-refractivity contribution in [1.82, 2.24) is 9.97 Å². The third kappa shape index (κ3) is 3.18. The number of thioether (sulfide) groups is 1. The number of aromatic nitrogens is 2. The van der Waals surface area contributed by atoms with Gasteiger partial charge in [-0.15, -0.1) is 11.3 Å². The van der Waals surface area contributed by atoms with E-state index in [1.54, 1.807) is 17.7 Å². The molecule has 1 aliphatic rings. The Morgan fingerprint density at radius 3 is 2.92 bits per heavy atom. The molecule has 0 unspecified atom stereocenters. The number of fused-ring (bicyclic) bond motifs is 3. The number of rotatable bonds is 5. The van der Waals surface area contributed by atoms with Gasteiger partial charge >= 0.3 is 0 Å². The van der Waals surface area contributed by atoms with Crippen LogP contribution in [0.4, 0.5) is 5.69 Å². The molecule has 0 saturated heterocycles. The standard InChI is InChI=1S/C19H16N4OS2/c20-9-10-23(13-5-2-1-3-6-13)16(24)11-25-18-17-14-7-4-8-15(14)26-19(17)22-12-21-18/h1-3,5-6,12H,4,7-8,10-11H2. The maximum absolute atomic E-state index is 12.7. The summed E-state index contributed by atoms with van der Waals surface area (Å²) in [6, 6.07) is 11.4. The second kappa shape index (κ2) is 7.44. The Bertz CT molecular complexity index is 994. The van der Waals surface area contributed by atoms with E-state index in [1.165, 1.54) is 33.5 Å². The number of thiophene rings is 1. The van der Waals surface area contributed by atoms with Gasteiger partial charge in [0, 0.05) is 16.0 Å². The number of aryl methyl sites for hydroxylation is 2. The number of amides is 1. The van der Waals surface area contributed by atoms with Crippen molar-refractivity contribution in [1.29, 1.82) is 5.26 Å². The summed E-state index contributed by atoms with van der Waals surface area (Å²) in [5.74, 6) is 0.147. The van der Waals surface area contributed by atoms with Crippen LogP contribution < -0.4 is 4.90 Å². The lowest BCUT2D eigenvalue weighted by atomic mass is 10.2. The smallest absolute Gasteiger partial charge is 0.238 e. The van der Waals surface area contributed by atoms with Gasteiger partial charge in [-0.2, -0.15) is 5.26 Å². The molecule has 26 heavy (non-hydrogen) atoms. The normalized spacial score (nSPS) is 12.7. The van der Waals surface area contributed by atoms with E-state index < -0.39 is 0 Å². The minimum Gasteiger partial charge on any atom is -0.298 e. The fourth-order valence-electron chi connectivity index (χ4n) is 3.22. The lowest BCUT2D eigenvalue weighted by Crippen LogP contribution is -2.32. The van der Waals surface area contributed by atoms with Crippen LogP contribution in [0.15, 0.2) is 41.7 Å². The van der Waals surface area contributed by atoms with Crippen molar-refractivity contribution in [3.8, 4) is 6.07 Å². The maximum Gasteiger partial charge on any atom is 0.238 e. The molecule has 130 valence electrons. The average Bonchev–Trinajstić information content (AvgIpc) is 3.26. The average molecular weight is 380 g/mol. The molecule has 0 atom stereocenters. The van der Waals surface area contributed by atoms with E-state index in [-0.39, 0.29) is 18.2 Å². The highest BCUT2D eigenvalue weighted by Gasteiger charge is 2.22. The number of hydrogen-bond donors (Lipinski definition) is 0. The molecule has 0 saturated carbocycles. The molecule has 0 bridgehead atoms. The fraction of sp³-hybridized carbons (Fsp3) is 0.263. The Morgan fingerprint density at radius 2 is 2.12 bits per heavy atom. The monoisotopic (exact) mass is 380 g/mol. The molecule has 0 aliphatic heterocycles. The zero-order valence-electron chi connectivity index (χ0n) is 14.0. The summed E-state index contributed by atoms with van der Waals surface area (Å²) < 4.78 is 0. The van der Waals surface area contributed by atoms with Gasteiger partial charge in [-0.25, -0.2) is 9.97 Å². The Morgan fingerprint density at radius 1 is 1.27 bits per heavy atom. The molecular formula is C19H16N4OS2. The van der Waals surface area contributed by atoms with Gasteiger partial charge in [0.2, 0.25) is 5.91 Å². The van der Waals surface area contributed by atoms with Gasteiger partial charge in [-0.1, -0.05) is 30.0 Å². The van der Waals surface area contributed by atoms with Crippen molar-refractivity contribution in [2.75, 3.05) is 17.2 Å². The third-order valence-electron chi connectivity index (χ3n) is 4.40. The number of anilines is 1. The first-order valence-electron chi connectivity index (χ1n) is 8.38. The molecule has 7 heteroatoms. The van der Waals surface area contributed by atoms with Gasteiger partial charge in [-0.3, -0.25) is 9.69 Å². The van der Waals surface area contributed by atoms with E-state index in [9.17, 15) is 4.79 Å². The lowest BCUT2D eigenvalue weighted by Gasteiger charge is -2.19. The summed E-state index contributed by atoms with van der Waals surface area (Å²) in [5, 5.41) is 11.1. The Balaban J connectivity index is 1.56. The van der Waals surface area contributed by atoms with Crippen molar-refractivity contribution >= 4 is 44.9 Å². The molecule has 2 heterocycles. The highest BCUT2D eigenvalue weighted by molar-refractivity contribution is 8.00. The molecule has 0 radical (unpaired) electrons. The molecule has 0 spiro atoms. The summed E-state index contributed by atoms with van der Waals surface area (Å²) in [6.45, 7) is 0.0381. The van der Waals surface area contributed by atoms with Gasteiger partial charge in [0.25, 0.3) is 0 Å². The highest BCUT2D eigenvalue weighted by Crippen LogP contribution is 2.40. The van der Waals surface area contributed by atoms with Gasteiger partial charge in [0.1, 0.15) is 22.7 Å². The zero-order valence-corrected chi connectivity index (χ0v) is 15.6. The van der Waals surface area contributed by atoms with Gasteiger partial charge in [0.05, 0.1) is 11.8 Å². The quantitative estimate of drug-likeness (QED) is 0.382. The number of nitriles is 1. The number of carbonyl (C=O) groups is 1. The summed E-state index contributed by atoms with van der Waals surface area (Å²) in [5.41, 5.74) is 2.10. The van der Waals surface area contributed by atoms with Crippen LogP contribution in [0.3, 0.4) is 0 Å². The predicted molar refractivity (Wildman–Crippen MR) is 105 cm³/mol. The Hall–Kier alpha value is -2.43. The van der Waals surface area contributed by atoms with Crippen LogP contribution in [-0.4, -0.2) is 28.2 Å². The number of para-hydroxylation sites is 1. The largest absolute Gasteiger partial charge is 0.298 e. The maximum atomic E-state index is 12.7. The van der Waals surface area contributed by atoms with Crippen LogP contribution in [0.25, 0.3) is 10.2 Å². The van der Waals surface area contributed by atoms with Gasteiger partial charge in [-0.05, 0) is 37.0 Å². The van der Waals surface area contributed by atoms with E-state index >= 15 is 0 Å². The predicted octanol–water partition coefficient (Wildman–Crippen LogP) is 3.83. The van der Waals surface area contributed by atoms with Gasteiger partial charge in [0.15, 0.2) is 0 Å². The van der Waals surface area contributed by atoms with Crippen molar-refractivity contribution < 1.29 is 4.79 Å². The highest BCUT2D eigenvalue weighted by atomic mass is 32.2. The first-order chi connectivity index (χ1) is 12.8. The van der Waals surface area contributed by atoms with Crippen LogP contribution in [0.5, 0.6) is 0 Å². The van der Waals surface area contributed by atoms with Crippen LogP contribution in [0, 0.1) is 11.3 Å². The van der Waals surface area contributed by atoms with Crippen molar-refractivity contribution in [2.24, 2.45) is 0 Å². The van der Waals surface area contributed by atoms with Crippen molar-refractivity contribution in [2.45, 2.75) is 24.3 Å². The minimum absolute atomic E-state index is 0.0381. The number of benzene rings is 1. The molecule has 0 N–H and O–H groups in total. The third-order valence-corrected chi connectivity index (χ3v) is 6.57. The first-order valence-corrected chi connectivity index (χ1v) is 10.2. The molecule has 2 aromatic heterocycles. The minimum atomic E-state index is -0.0959. The van der Waals surface area contributed by atoms with E-state index in [4.69, 9.17) is 5.26 Å². The molecule has 5 nitrogen and oxygen atoms in total. The number of carbonyl (C=O) groups excluding carboxylic acids is 1. The summed E-state index contributed by atoms with van der Waals surface area (Å²) in [4.78, 5) is 25.5. The first kappa shape index (κ1) is 17.0. The lowest BCUT2D eigenvalue weighted by molar-refractivity contribution is -0.116. The van der Waals surface area contributed by atoms with Crippen LogP contribution in [0.2, 0.25) is 0 Å². The van der Waals surface area contributed by atoms with Crippen LogP contribution in [-0.2, 0) is 17.6 Å². The van der Waals surface area contributed by atoms with Crippen LogP contribution in [0.1, 0.15) is 16.9 Å². The number of nitrogens with zero attached hydrogens (tertiary/aromatic N) is 4. The summed E-state index contributed by atoms with van der Waals surface area (Å²) in [6.07, 6.45) is 4.93. The molecule has 1 amide bonds. The van der Waals surface area contributed by atoms with E-state index in [1.807, 2.05) is 30.3 Å². The molecule has 0 fully saturated rings. The van der Waals surface area contributed by atoms with E-state index in [0.29, 0.717) is 0 Å². The van der Waals surface area contributed by atoms with Crippen molar-refractivity contribution in [3.05, 3.63) is 47.1 Å². The summed E-state index contributed by atoms with van der Waals surface area (Å²) in [7, 11) is 0. The topological polar surface area (TPSA) is 69.9 Å². The van der Waals surface area contributed by atoms with Crippen LogP contribution >= 0.6 is 23.1 Å². The van der Waals surface area contributed by atoms with E-state index in [0.717, 1.165) is 33.8 Å². The molecule has 1 aromatic carbocycles. The Kier molecular flexibility index (Phi) is 4.87. The SMILES string of the molecule is N#CCN(C(=O)CSc1ncnc2sc3c(c12)CCC3)c1ccccc1. The molecule has 3 aromatic rings.